The summed E-state index contributed by atoms with van der Waals surface area (Å²) >= 11 is 15.4. The molecule has 0 bridgehead atoms. The average Bonchev–Trinajstić information content (AvgIpc) is 2.38. The number of rotatable bonds is 3. The van der Waals surface area contributed by atoms with E-state index >= 15 is 0 Å². The molecule has 1 aromatic carbocycles. The van der Waals surface area contributed by atoms with E-state index in [1.807, 2.05) is 0 Å². The second kappa shape index (κ2) is 6.43. The van der Waals surface area contributed by atoms with Crippen molar-refractivity contribution >= 4 is 39.1 Å². The van der Waals surface area contributed by atoms with Crippen molar-refractivity contribution in [3.05, 3.63) is 54.0 Å². The number of hydrogen-bond donors (Lipinski definition) is 1. The minimum absolute atomic E-state index is 0.175. The normalized spacial score (nSPS) is 23.0. The van der Waals surface area contributed by atoms with Gasteiger partial charge in [-0.25, -0.2) is 0 Å². The third-order valence-corrected chi connectivity index (χ3v) is 4.97. The van der Waals surface area contributed by atoms with Gasteiger partial charge in [-0.15, -0.1) is 0 Å². The molecule has 2 atom stereocenters. The van der Waals surface area contributed by atoms with E-state index in [0.29, 0.717) is 27.6 Å². The molecule has 1 aromatic rings. The lowest BCUT2D eigenvalue weighted by atomic mass is 9.81. The van der Waals surface area contributed by atoms with Crippen molar-refractivity contribution < 1.29 is 10.0 Å². The van der Waals surface area contributed by atoms with E-state index in [1.165, 1.54) is 0 Å². The van der Waals surface area contributed by atoms with Crippen LogP contribution >= 0.6 is 39.1 Å². The lowest BCUT2D eigenvalue weighted by Gasteiger charge is -2.28. The van der Waals surface area contributed by atoms with Gasteiger partial charge in [0.1, 0.15) is 0 Å². The Labute approximate surface area is 134 Å². The first-order valence-corrected chi connectivity index (χ1v) is 7.54. The van der Waals surface area contributed by atoms with Crippen LogP contribution in [-0.4, -0.2) is 22.7 Å². The molecule has 0 radical (unpaired) electrons. The Balaban J connectivity index is 2.43. The van der Waals surface area contributed by atoms with E-state index in [-0.39, 0.29) is 23.9 Å². The van der Waals surface area contributed by atoms with Gasteiger partial charge in [0.05, 0.1) is 12.5 Å². The maximum atomic E-state index is 11.3. The molecular formula is C13H12BrCl2NO3. The van der Waals surface area contributed by atoms with Gasteiger partial charge in [-0.05, 0) is 34.2 Å². The molecule has 1 aliphatic carbocycles. The van der Waals surface area contributed by atoms with E-state index in [2.05, 4.69) is 15.9 Å². The predicted octanol–water partition coefficient (Wildman–Crippen LogP) is 4.16. The minimum atomic E-state index is -0.794. The van der Waals surface area contributed by atoms with E-state index < -0.39 is 6.04 Å². The van der Waals surface area contributed by atoms with Crippen LogP contribution in [-0.2, 0) is 0 Å². The van der Waals surface area contributed by atoms with Crippen LogP contribution in [0.25, 0.3) is 0 Å². The topological polar surface area (TPSA) is 63.4 Å². The molecule has 0 aromatic heterocycles. The number of aliphatic hydroxyl groups excluding tert-OH is 1. The van der Waals surface area contributed by atoms with Crippen molar-refractivity contribution in [1.82, 2.24) is 0 Å². The second-order valence-electron chi connectivity index (χ2n) is 4.70. The van der Waals surface area contributed by atoms with E-state index in [9.17, 15) is 15.2 Å². The molecule has 20 heavy (non-hydrogen) atoms. The van der Waals surface area contributed by atoms with Crippen molar-refractivity contribution in [3.8, 4) is 0 Å². The number of aliphatic hydroxyl groups is 1. The smallest absolute Gasteiger partial charge is 0.224 e. The second-order valence-corrected chi connectivity index (χ2v) is 6.50. The molecule has 1 N–H and O–H groups in total. The van der Waals surface area contributed by atoms with Gasteiger partial charge in [0, 0.05) is 21.4 Å². The summed E-state index contributed by atoms with van der Waals surface area (Å²) < 4.78 is 0.814. The molecule has 1 aliphatic rings. The number of hydrogen-bond acceptors (Lipinski definition) is 3. The summed E-state index contributed by atoms with van der Waals surface area (Å²) in [6.07, 6.45) is 0.663. The number of nitrogens with zero attached hydrogens (tertiary/aromatic N) is 1. The lowest BCUT2D eigenvalue weighted by Crippen LogP contribution is -2.32. The summed E-state index contributed by atoms with van der Waals surface area (Å²) in [6, 6.07) is 4.21. The molecule has 0 fully saturated rings. The van der Waals surface area contributed by atoms with Crippen LogP contribution in [0.3, 0.4) is 0 Å². The zero-order valence-corrected chi connectivity index (χ0v) is 13.5. The maximum absolute atomic E-state index is 11.3. The molecular weight excluding hydrogens is 369 g/mol. The van der Waals surface area contributed by atoms with Gasteiger partial charge in [-0.2, -0.15) is 0 Å². The van der Waals surface area contributed by atoms with Gasteiger partial charge >= 0.3 is 0 Å². The Kier molecular flexibility index (Phi) is 5.07. The van der Waals surface area contributed by atoms with E-state index in [1.54, 1.807) is 18.2 Å². The summed E-state index contributed by atoms with van der Waals surface area (Å²) in [7, 11) is 0. The Morgan fingerprint density at radius 2 is 2.10 bits per heavy atom. The number of nitro groups is 1. The molecule has 0 amide bonds. The number of allylic oxidation sites excluding steroid dienone is 1. The van der Waals surface area contributed by atoms with Crippen LogP contribution in [0, 0.1) is 10.1 Å². The van der Waals surface area contributed by atoms with Gasteiger partial charge in [-0.3, -0.25) is 10.1 Å². The first-order valence-electron chi connectivity index (χ1n) is 5.99. The fourth-order valence-electron chi connectivity index (χ4n) is 2.47. The van der Waals surface area contributed by atoms with Crippen LogP contribution in [0.2, 0.25) is 10.0 Å². The average molecular weight is 381 g/mol. The van der Waals surface area contributed by atoms with Gasteiger partial charge in [0.25, 0.3) is 0 Å². The van der Waals surface area contributed by atoms with Crippen LogP contribution in [0.5, 0.6) is 0 Å². The van der Waals surface area contributed by atoms with E-state index in [0.717, 1.165) is 4.48 Å². The Morgan fingerprint density at radius 3 is 2.65 bits per heavy atom. The van der Waals surface area contributed by atoms with Crippen LogP contribution in [0.4, 0.5) is 0 Å². The first-order chi connectivity index (χ1) is 9.43. The molecule has 0 heterocycles. The largest absolute Gasteiger partial charge is 0.392 e. The molecule has 2 rings (SSSR count). The zero-order chi connectivity index (χ0) is 14.9. The van der Waals surface area contributed by atoms with Crippen molar-refractivity contribution in [3.63, 3.8) is 0 Å². The highest BCUT2D eigenvalue weighted by molar-refractivity contribution is 9.11. The summed E-state index contributed by atoms with van der Waals surface area (Å²) in [5.41, 5.74) is 1.39. The first kappa shape index (κ1) is 15.8. The summed E-state index contributed by atoms with van der Waals surface area (Å²) in [5.74, 6) is -0.334. The minimum Gasteiger partial charge on any atom is -0.392 e. The summed E-state index contributed by atoms with van der Waals surface area (Å²) in [4.78, 5) is 11.0. The zero-order valence-electron chi connectivity index (χ0n) is 10.4. The monoisotopic (exact) mass is 379 g/mol. The van der Waals surface area contributed by atoms with Crippen molar-refractivity contribution in [2.24, 2.45) is 0 Å². The van der Waals surface area contributed by atoms with Gasteiger partial charge in [0.2, 0.25) is 6.04 Å². The third kappa shape index (κ3) is 3.17. The van der Waals surface area contributed by atoms with Crippen LogP contribution < -0.4 is 0 Å². The molecule has 0 aliphatic heterocycles. The molecule has 0 saturated carbocycles. The Hall–Kier alpha value is -0.620. The maximum Gasteiger partial charge on any atom is 0.224 e. The molecule has 2 unspecified atom stereocenters. The van der Waals surface area contributed by atoms with Gasteiger partial charge < -0.3 is 5.11 Å². The Morgan fingerprint density at radius 1 is 1.40 bits per heavy atom. The fraction of sp³-hybridized carbons (Fsp3) is 0.385. The number of benzene rings is 1. The quantitative estimate of drug-likeness (QED) is 0.632. The predicted molar refractivity (Wildman–Crippen MR) is 82.3 cm³/mol. The highest BCUT2D eigenvalue weighted by Crippen LogP contribution is 2.42. The highest BCUT2D eigenvalue weighted by atomic mass is 79.9. The number of halogens is 3. The SMILES string of the molecule is O=[N+]([O-])C1CC(CO)=C(Br)CC1c1ccc(Cl)cc1Cl. The highest BCUT2D eigenvalue weighted by Gasteiger charge is 2.39. The third-order valence-electron chi connectivity index (χ3n) is 3.53. The van der Waals surface area contributed by atoms with Crippen molar-refractivity contribution in [2.45, 2.75) is 24.8 Å². The molecule has 108 valence electrons. The van der Waals surface area contributed by atoms with Crippen molar-refractivity contribution in [1.29, 1.82) is 0 Å². The molecule has 0 spiro atoms. The Bertz CT molecular complexity index is 577. The molecule has 7 heteroatoms. The molecule has 4 nitrogen and oxygen atoms in total. The van der Waals surface area contributed by atoms with Crippen LogP contribution in [0.15, 0.2) is 28.3 Å². The van der Waals surface area contributed by atoms with Gasteiger partial charge in [-0.1, -0.05) is 45.2 Å². The van der Waals surface area contributed by atoms with Gasteiger partial charge in [0.15, 0.2) is 0 Å². The summed E-state index contributed by atoms with van der Waals surface area (Å²) in [6.45, 7) is -0.175. The fourth-order valence-corrected chi connectivity index (χ4v) is 3.65. The van der Waals surface area contributed by atoms with Crippen LogP contribution in [0.1, 0.15) is 24.3 Å². The van der Waals surface area contributed by atoms with Crippen molar-refractivity contribution in [2.75, 3.05) is 6.61 Å². The standard InChI is InChI=1S/C13H12BrCl2NO3/c14-11-5-10(9-2-1-8(15)4-12(9)16)13(17(19)20)3-7(11)6-18/h1-2,4,10,13,18H,3,5-6H2. The molecule has 0 saturated heterocycles. The summed E-state index contributed by atoms with van der Waals surface area (Å²) in [5, 5.41) is 21.5. The lowest BCUT2D eigenvalue weighted by molar-refractivity contribution is -0.527. The van der Waals surface area contributed by atoms with E-state index in [4.69, 9.17) is 23.2 Å².